The molecule has 1 rings (SSSR count). The summed E-state index contributed by atoms with van der Waals surface area (Å²) in [5.74, 6) is 0.485. The van der Waals surface area contributed by atoms with Gasteiger partial charge in [-0.3, -0.25) is 0 Å². The Kier molecular flexibility index (Phi) is 7.35. The van der Waals surface area contributed by atoms with E-state index in [-0.39, 0.29) is 0 Å². The number of hydrogen-bond donors (Lipinski definition) is 2. The van der Waals surface area contributed by atoms with E-state index in [2.05, 4.69) is 30.8 Å². The fraction of sp³-hybridized carbons (Fsp3) is 0.625. The fourth-order valence-electron chi connectivity index (χ4n) is 2.10. The Bertz CT molecular complexity index is 539. The van der Waals surface area contributed by atoms with Gasteiger partial charge in [-0.05, 0) is 49.4 Å². The predicted octanol–water partition coefficient (Wildman–Crippen LogP) is 2.82. The first-order valence-corrected chi connectivity index (χ1v) is 9.15. The summed E-state index contributed by atoms with van der Waals surface area (Å²) in [4.78, 5) is 0.391. The van der Waals surface area contributed by atoms with Crippen molar-refractivity contribution in [1.82, 2.24) is 10.0 Å². The SMILES string of the molecule is CCCNCc1cccc(S(=O)(=O)NCCC(C)C)c1C. The Balaban J connectivity index is 2.84. The maximum absolute atomic E-state index is 12.4. The summed E-state index contributed by atoms with van der Waals surface area (Å²) in [6, 6.07) is 5.47. The summed E-state index contributed by atoms with van der Waals surface area (Å²) >= 11 is 0. The second-order valence-corrected chi connectivity index (χ2v) is 7.53. The van der Waals surface area contributed by atoms with Crippen molar-refractivity contribution >= 4 is 10.0 Å². The zero-order valence-electron chi connectivity index (χ0n) is 13.6. The first-order valence-electron chi connectivity index (χ1n) is 7.67. The van der Waals surface area contributed by atoms with Crippen molar-refractivity contribution < 1.29 is 8.42 Å². The van der Waals surface area contributed by atoms with Crippen molar-refractivity contribution in [3.63, 3.8) is 0 Å². The topological polar surface area (TPSA) is 58.2 Å². The van der Waals surface area contributed by atoms with E-state index in [1.54, 1.807) is 6.07 Å². The van der Waals surface area contributed by atoms with E-state index >= 15 is 0 Å². The summed E-state index contributed by atoms with van der Waals surface area (Å²) in [6.07, 6.45) is 1.91. The van der Waals surface area contributed by atoms with E-state index < -0.39 is 10.0 Å². The lowest BCUT2D eigenvalue weighted by Crippen LogP contribution is -2.26. The van der Waals surface area contributed by atoms with Gasteiger partial charge in [0.25, 0.3) is 0 Å². The van der Waals surface area contributed by atoms with Crippen molar-refractivity contribution in [2.75, 3.05) is 13.1 Å². The maximum atomic E-state index is 12.4. The second-order valence-electron chi connectivity index (χ2n) is 5.80. The minimum absolute atomic E-state index is 0.391. The lowest BCUT2D eigenvalue weighted by Gasteiger charge is -2.14. The summed E-state index contributed by atoms with van der Waals surface area (Å²) in [6.45, 7) is 10.3. The van der Waals surface area contributed by atoms with Gasteiger partial charge < -0.3 is 5.32 Å². The Morgan fingerprint density at radius 1 is 1.19 bits per heavy atom. The van der Waals surface area contributed by atoms with Gasteiger partial charge in [0, 0.05) is 13.1 Å². The molecule has 0 saturated heterocycles. The van der Waals surface area contributed by atoms with Gasteiger partial charge in [0.1, 0.15) is 0 Å². The minimum Gasteiger partial charge on any atom is -0.313 e. The zero-order chi connectivity index (χ0) is 15.9. The number of hydrogen-bond acceptors (Lipinski definition) is 3. The van der Waals surface area contributed by atoms with Gasteiger partial charge in [-0.15, -0.1) is 0 Å². The van der Waals surface area contributed by atoms with Crippen LogP contribution in [0.15, 0.2) is 23.1 Å². The lowest BCUT2D eigenvalue weighted by atomic mass is 10.1. The normalized spacial score (nSPS) is 12.0. The van der Waals surface area contributed by atoms with Crippen LogP contribution >= 0.6 is 0 Å². The van der Waals surface area contributed by atoms with E-state index in [9.17, 15) is 8.42 Å². The summed E-state index contributed by atoms with van der Waals surface area (Å²) < 4.78 is 27.5. The minimum atomic E-state index is -3.42. The molecule has 0 heterocycles. The fourth-order valence-corrected chi connectivity index (χ4v) is 3.44. The van der Waals surface area contributed by atoms with E-state index in [4.69, 9.17) is 0 Å². The predicted molar refractivity (Wildman–Crippen MR) is 87.8 cm³/mol. The second kappa shape index (κ2) is 8.51. The van der Waals surface area contributed by atoms with Crippen LogP contribution in [-0.4, -0.2) is 21.5 Å². The largest absolute Gasteiger partial charge is 0.313 e. The molecular formula is C16H28N2O2S. The molecule has 0 aromatic heterocycles. The molecule has 0 fully saturated rings. The maximum Gasteiger partial charge on any atom is 0.240 e. The Morgan fingerprint density at radius 2 is 1.90 bits per heavy atom. The van der Waals surface area contributed by atoms with E-state index in [0.717, 1.165) is 30.5 Å². The van der Waals surface area contributed by atoms with Gasteiger partial charge in [-0.25, -0.2) is 13.1 Å². The average Bonchev–Trinajstić information content (AvgIpc) is 2.40. The molecule has 0 atom stereocenters. The van der Waals surface area contributed by atoms with Crippen LogP contribution in [0, 0.1) is 12.8 Å². The molecule has 2 N–H and O–H groups in total. The Morgan fingerprint density at radius 3 is 2.52 bits per heavy atom. The highest BCUT2D eigenvalue weighted by molar-refractivity contribution is 7.89. The number of rotatable bonds is 9. The first-order chi connectivity index (χ1) is 9.88. The van der Waals surface area contributed by atoms with Crippen molar-refractivity contribution in [1.29, 1.82) is 0 Å². The third kappa shape index (κ3) is 5.77. The van der Waals surface area contributed by atoms with Gasteiger partial charge in [-0.1, -0.05) is 32.9 Å². The van der Waals surface area contributed by atoms with Crippen LogP contribution in [0.25, 0.3) is 0 Å². The molecular weight excluding hydrogens is 284 g/mol. The molecule has 1 aromatic rings. The van der Waals surface area contributed by atoms with Gasteiger partial charge in [0.2, 0.25) is 10.0 Å². The van der Waals surface area contributed by atoms with E-state index in [0.29, 0.717) is 23.9 Å². The monoisotopic (exact) mass is 312 g/mol. The molecule has 1 aromatic carbocycles. The van der Waals surface area contributed by atoms with E-state index in [1.165, 1.54) is 0 Å². The zero-order valence-corrected chi connectivity index (χ0v) is 14.4. The summed E-state index contributed by atoms with van der Waals surface area (Å²) in [7, 11) is -3.42. The van der Waals surface area contributed by atoms with E-state index in [1.807, 2.05) is 19.1 Å². The quantitative estimate of drug-likeness (QED) is 0.689. The molecule has 120 valence electrons. The summed E-state index contributed by atoms with van der Waals surface area (Å²) in [5.41, 5.74) is 1.87. The number of sulfonamides is 1. The van der Waals surface area contributed by atoms with Crippen LogP contribution in [0.3, 0.4) is 0 Å². The van der Waals surface area contributed by atoms with Crippen LogP contribution in [0.5, 0.6) is 0 Å². The number of nitrogens with one attached hydrogen (secondary N) is 2. The van der Waals surface area contributed by atoms with Crippen LogP contribution in [0.4, 0.5) is 0 Å². The Labute approximate surface area is 129 Å². The molecule has 0 amide bonds. The average molecular weight is 312 g/mol. The van der Waals surface area contributed by atoms with Gasteiger partial charge in [0.15, 0.2) is 0 Å². The molecule has 0 spiro atoms. The standard InChI is InChI=1S/C16H28N2O2S/c1-5-10-17-12-15-7-6-8-16(14(15)4)21(19,20)18-11-9-13(2)3/h6-8,13,17-18H,5,9-12H2,1-4H3. The Hall–Kier alpha value is -0.910. The highest BCUT2D eigenvalue weighted by Crippen LogP contribution is 2.19. The van der Waals surface area contributed by atoms with Crippen LogP contribution in [-0.2, 0) is 16.6 Å². The van der Waals surface area contributed by atoms with Crippen LogP contribution in [0.2, 0.25) is 0 Å². The molecule has 0 radical (unpaired) electrons. The van der Waals surface area contributed by atoms with Crippen LogP contribution < -0.4 is 10.0 Å². The van der Waals surface area contributed by atoms with Crippen molar-refractivity contribution in [3.8, 4) is 0 Å². The molecule has 0 aliphatic heterocycles. The first kappa shape index (κ1) is 18.1. The molecule has 21 heavy (non-hydrogen) atoms. The molecule has 0 saturated carbocycles. The highest BCUT2D eigenvalue weighted by atomic mass is 32.2. The third-order valence-electron chi connectivity index (χ3n) is 3.44. The molecule has 0 aliphatic carbocycles. The number of benzene rings is 1. The molecule has 5 heteroatoms. The van der Waals surface area contributed by atoms with Gasteiger partial charge in [-0.2, -0.15) is 0 Å². The molecule has 0 unspecified atom stereocenters. The van der Waals surface area contributed by atoms with Crippen molar-refractivity contribution in [3.05, 3.63) is 29.3 Å². The lowest BCUT2D eigenvalue weighted by molar-refractivity contribution is 0.551. The van der Waals surface area contributed by atoms with Crippen molar-refractivity contribution in [2.24, 2.45) is 5.92 Å². The molecule has 4 nitrogen and oxygen atoms in total. The smallest absolute Gasteiger partial charge is 0.240 e. The third-order valence-corrected chi connectivity index (χ3v) is 5.05. The van der Waals surface area contributed by atoms with Crippen LogP contribution in [0.1, 0.15) is 44.7 Å². The summed E-state index contributed by atoms with van der Waals surface area (Å²) in [5, 5.41) is 3.31. The van der Waals surface area contributed by atoms with Gasteiger partial charge in [0.05, 0.1) is 4.90 Å². The van der Waals surface area contributed by atoms with Gasteiger partial charge >= 0.3 is 0 Å². The molecule has 0 aliphatic rings. The molecule has 0 bridgehead atoms. The highest BCUT2D eigenvalue weighted by Gasteiger charge is 2.17. The van der Waals surface area contributed by atoms with Crippen molar-refractivity contribution in [2.45, 2.75) is 52.0 Å².